The molecule has 0 unspecified atom stereocenters. The van der Waals surface area contributed by atoms with Gasteiger partial charge in [-0.1, -0.05) is 6.92 Å². The molecule has 0 fully saturated rings. The van der Waals surface area contributed by atoms with Crippen LogP contribution in [0.2, 0.25) is 0 Å². The Kier molecular flexibility index (Phi) is 2.38. The summed E-state index contributed by atoms with van der Waals surface area (Å²) in [6.07, 6.45) is 0.803. The SMILES string of the molecule is CCc1c(C)sc(N)c1C(N)=O. The van der Waals surface area contributed by atoms with Crippen LogP contribution in [0.3, 0.4) is 0 Å². The Balaban J connectivity index is 3.32. The number of hydrogen-bond donors (Lipinski definition) is 2. The highest BCUT2D eigenvalue weighted by Gasteiger charge is 2.16. The van der Waals surface area contributed by atoms with Crippen molar-refractivity contribution in [1.82, 2.24) is 0 Å². The van der Waals surface area contributed by atoms with E-state index in [4.69, 9.17) is 11.5 Å². The molecule has 0 atom stereocenters. The van der Waals surface area contributed by atoms with Crippen molar-refractivity contribution in [2.75, 3.05) is 5.73 Å². The van der Waals surface area contributed by atoms with Crippen LogP contribution in [0, 0.1) is 6.92 Å². The Bertz CT molecular complexity index is 317. The van der Waals surface area contributed by atoms with Gasteiger partial charge in [-0.3, -0.25) is 4.79 Å². The van der Waals surface area contributed by atoms with E-state index in [-0.39, 0.29) is 0 Å². The van der Waals surface area contributed by atoms with E-state index in [0.29, 0.717) is 10.6 Å². The van der Waals surface area contributed by atoms with Crippen molar-refractivity contribution >= 4 is 22.2 Å². The maximum Gasteiger partial charge on any atom is 0.251 e. The van der Waals surface area contributed by atoms with E-state index < -0.39 is 5.91 Å². The fourth-order valence-electron chi connectivity index (χ4n) is 1.30. The molecule has 1 heterocycles. The van der Waals surface area contributed by atoms with Gasteiger partial charge in [0.1, 0.15) is 0 Å². The minimum atomic E-state index is -0.422. The molecule has 0 bridgehead atoms. The van der Waals surface area contributed by atoms with Crippen LogP contribution in [-0.2, 0) is 6.42 Å². The number of amides is 1. The molecule has 0 aliphatic heterocycles. The molecular weight excluding hydrogens is 172 g/mol. The van der Waals surface area contributed by atoms with Gasteiger partial charge >= 0.3 is 0 Å². The van der Waals surface area contributed by atoms with Crippen molar-refractivity contribution in [3.8, 4) is 0 Å². The molecule has 4 N–H and O–H groups in total. The van der Waals surface area contributed by atoms with Gasteiger partial charge in [-0.2, -0.15) is 0 Å². The Morgan fingerprint density at radius 3 is 2.50 bits per heavy atom. The van der Waals surface area contributed by atoms with Gasteiger partial charge in [-0.25, -0.2) is 0 Å². The minimum Gasteiger partial charge on any atom is -0.390 e. The van der Waals surface area contributed by atoms with Gasteiger partial charge in [-0.15, -0.1) is 11.3 Å². The van der Waals surface area contributed by atoms with Gasteiger partial charge in [0.25, 0.3) is 5.91 Å². The molecule has 0 spiro atoms. The van der Waals surface area contributed by atoms with Crippen molar-refractivity contribution in [2.45, 2.75) is 20.3 Å². The molecule has 4 heteroatoms. The second-order valence-electron chi connectivity index (χ2n) is 2.59. The predicted octanol–water partition coefficient (Wildman–Crippen LogP) is 1.30. The number of aryl methyl sites for hydroxylation is 1. The standard InChI is InChI=1S/C8H12N2OS/c1-3-5-4(2)12-8(10)6(5)7(9)11/h3,10H2,1-2H3,(H2,9,11). The molecule has 12 heavy (non-hydrogen) atoms. The van der Waals surface area contributed by atoms with Gasteiger partial charge in [0.2, 0.25) is 0 Å². The molecule has 66 valence electrons. The van der Waals surface area contributed by atoms with E-state index in [9.17, 15) is 4.79 Å². The maximum atomic E-state index is 11.0. The number of carbonyl (C=O) groups is 1. The lowest BCUT2D eigenvalue weighted by Gasteiger charge is -1.98. The summed E-state index contributed by atoms with van der Waals surface area (Å²) >= 11 is 1.43. The summed E-state index contributed by atoms with van der Waals surface area (Å²) in [5.41, 5.74) is 12.3. The maximum absolute atomic E-state index is 11.0. The van der Waals surface area contributed by atoms with E-state index in [1.54, 1.807) is 0 Å². The van der Waals surface area contributed by atoms with Crippen LogP contribution in [-0.4, -0.2) is 5.91 Å². The second kappa shape index (κ2) is 3.15. The third kappa shape index (κ3) is 1.30. The molecule has 1 amide bonds. The highest BCUT2D eigenvalue weighted by molar-refractivity contribution is 7.16. The molecule has 0 aromatic carbocycles. The van der Waals surface area contributed by atoms with E-state index in [2.05, 4.69) is 0 Å². The second-order valence-corrected chi connectivity index (χ2v) is 3.85. The first kappa shape index (κ1) is 9.06. The number of anilines is 1. The fourth-order valence-corrected chi connectivity index (χ4v) is 2.32. The number of nitrogens with two attached hydrogens (primary N) is 2. The Morgan fingerprint density at radius 2 is 2.17 bits per heavy atom. The summed E-state index contributed by atoms with van der Waals surface area (Å²) in [7, 11) is 0. The quantitative estimate of drug-likeness (QED) is 0.727. The largest absolute Gasteiger partial charge is 0.390 e. The average molecular weight is 184 g/mol. The molecule has 1 aromatic rings. The highest BCUT2D eigenvalue weighted by Crippen LogP contribution is 2.30. The van der Waals surface area contributed by atoms with Gasteiger partial charge in [0.05, 0.1) is 10.6 Å². The lowest BCUT2D eigenvalue weighted by atomic mass is 10.1. The van der Waals surface area contributed by atoms with Crippen molar-refractivity contribution in [3.63, 3.8) is 0 Å². The van der Waals surface area contributed by atoms with Crippen LogP contribution in [0.15, 0.2) is 0 Å². The van der Waals surface area contributed by atoms with Gasteiger partial charge in [0, 0.05) is 4.88 Å². The summed E-state index contributed by atoms with van der Waals surface area (Å²) < 4.78 is 0. The van der Waals surface area contributed by atoms with Crippen LogP contribution in [0.25, 0.3) is 0 Å². The van der Waals surface area contributed by atoms with Gasteiger partial charge in [0.15, 0.2) is 0 Å². The number of nitrogen functional groups attached to an aromatic ring is 1. The summed E-state index contributed by atoms with van der Waals surface area (Å²) in [5.74, 6) is -0.422. The van der Waals surface area contributed by atoms with Crippen LogP contribution in [0.4, 0.5) is 5.00 Å². The van der Waals surface area contributed by atoms with E-state index in [1.165, 1.54) is 11.3 Å². The Hall–Kier alpha value is -1.03. The lowest BCUT2D eigenvalue weighted by Crippen LogP contribution is -2.13. The van der Waals surface area contributed by atoms with Crippen molar-refractivity contribution in [2.24, 2.45) is 5.73 Å². The van der Waals surface area contributed by atoms with Crippen LogP contribution >= 0.6 is 11.3 Å². The molecule has 1 rings (SSSR count). The zero-order valence-corrected chi connectivity index (χ0v) is 7.99. The summed E-state index contributed by atoms with van der Waals surface area (Å²) in [4.78, 5) is 12.1. The summed E-state index contributed by atoms with van der Waals surface area (Å²) in [6.45, 7) is 3.94. The zero-order chi connectivity index (χ0) is 9.30. The Morgan fingerprint density at radius 1 is 1.58 bits per heavy atom. The molecule has 1 aromatic heterocycles. The van der Waals surface area contributed by atoms with Crippen LogP contribution < -0.4 is 11.5 Å². The van der Waals surface area contributed by atoms with E-state index >= 15 is 0 Å². The Labute approximate surface area is 75.4 Å². The summed E-state index contributed by atoms with van der Waals surface area (Å²) in [6, 6.07) is 0. The first-order valence-corrected chi connectivity index (χ1v) is 4.57. The normalized spacial score (nSPS) is 10.2. The van der Waals surface area contributed by atoms with Crippen molar-refractivity contribution < 1.29 is 4.79 Å². The summed E-state index contributed by atoms with van der Waals surface area (Å²) in [5, 5.41) is 0.539. The third-order valence-electron chi connectivity index (χ3n) is 1.84. The first-order valence-electron chi connectivity index (χ1n) is 3.75. The number of rotatable bonds is 2. The van der Waals surface area contributed by atoms with Crippen LogP contribution in [0.1, 0.15) is 27.7 Å². The fraction of sp³-hybridized carbons (Fsp3) is 0.375. The number of primary amides is 1. The van der Waals surface area contributed by atoms with Crippen LogP contribution in [0.5, 0.6) is 0 Å². The van der Waals surface area contributed by atoms with E-state index in [1.807, 2.05) is 13.8 Å². The highest BCUT2D eigenvalue weighted by atomic mass is 32.1. The average Bonchev–Trinajstić information content (AvgIpc) is 2.24. The first-order chi connectivity index (χ1) is 5.57. The lowest BCUT2D eigenvalue weighted by molar-refractivity contribution is 0.100. The zero-order valence-electron chi connectivity index (χ0n) is 7.18. The van der Waals surface area contributed by atoms with E-state index in [0.717, 1.165) is 16.9 Å². The van der Waals surface area contributed by atoms with Gasteiger partial charge in [-0.05, 0) is 18.9 Å². The molecule has 0 aliphatic carbocycles. The minimum absolute atomic E-state index is 0.422. The third-order valence-corrected chi connectivity index (χ3v) is 2.81. The molecule has 0 saturated heterocycles. The van der Waals surface area contributed by atoms with Crippen molar-refractivity contribution in [1.29, 1.82) is 0 Å². The van der Waals surface area contributed by atoms with Gasteiger partial charge < -0.3 is 11.5 Å². The number of thiophene rings is 1. The molecule has 3 nitrogen and oxygen atoms in total. The molecular formula is C8H12N2OS. The molecule has 0 radical (unpaired) electrons. The van der Waals surface area contributed by atoms with Crippen molar-refractivity contribution in [3.05, 3.63) is 16.0 Å². The number of hydrogen-bond acceptors (Lipinski definition) is 3. The monoisotopic (exact) mass is 184 g/mol. The molecule has 0 aliphatic rings. The number of carbonyl (C=O) groups excluding carboxylic acids is 1. The topological polar surface area (TPSA) is 69.1 Å². The predicted molar refractivity (Wildman–Crippen MR) is 51.4 cm³/mol. The smallest absolute Gasteiger partial charge is 0.251 e. The molecule has 0 saturated carbocycles.